The number of nitrogens with one attached hydrogen (secondary N) is 1. The fraction of sp³-hybridized carbons (Fsp3) is 0.300. The largest absolute Gasteiger partial charge is 0.378 e. The molecule has 1 N–H and O–H groups in total. The summed E-state index contributed by atoms with van der Waals surface area (Å²) in [5.41, 5.74) is 4.97. The summed E-state index contributed by atoms with van der Waals surface area (Å²) in [7, 11) is 0. The van der Waals surface area contributed by atoms with Crippen LogP contribution < -0.4 is 5.32 Å². The zero-order valence-electron chi connectivity index (χ0n) is 13.0. The molecule has 118 valence electrons. The fourth-order valence-electron chi connectivity index (χ4n) is 3.93. The van der Waals surface area contributed by atoms with E-state index in [0.29, 0.717) is 22.9 Å². The van der Waals surface area contributed by atoms with Crippen molar-refractivity contribution in [1.29, 1.82) is 0 Å². The molecule has 4 rings (SSSR count). The summed E-state index contributed by atoms with van der Waals surface area (Å²) >= 11 is 12.7. The Balaban J connectivity index is 1.77. The first-order valence-corrected chi connectivity index (χ1v) is 8.94. The maximum absolute atomic E-state index is 6.49. The summed E-state index contributed by atoms with van der Waals surface area (Å²) in [4.78, 5) is 0. The Labute approximate surface area is 147 Å². The molecule has 0 fully saturated rings. The van der Waals surface area contributed by atoms with Crippen molar-refractivity contribution in [3.05, 3.63) is 75.3 Å². The van der Waals surface area contributed by atoms with E-state index in [-0.39, 0.29) is 0 Å². The van der Waals surface area contributed by atoms with Gasteiger partial charge in [-0.1, -0.05) is 66.5 Å². The molecule has 3 heteroatoms. The van der Waals surface area contributed by atoms with E-state index in [4.69, 9.17) is 23.2 Å². The van der Waals surface area contributed by atoms with Crippen LogP contribution >= 0.6 is 23.2 Å². The number of hydrogen-bond donors (Lipinski definition) is 1. The Morgan fingerprint density at radius 1 is 1.13 bits per heavy atom. The Morgan fingerprint density at radius 2 is 1.91 bits per heavy atom. The maximum atomic E-state index is 6.49. The minimum absolute atomic E-state index is 0.294. The Bertz CT molecular complexity index is 764. The minimum atomic E-state index is 0.294. The second-order valence-electron chi connectivity index (χ2n) is 6.42. The highest BCUT2D eigenvalue weighted by Gasteiger charge is 2.39. The monoisotopic (exact) mass is 343 g/mol. The van der Waals surface area contributed by atoms with E-state index >= 15 is 0 Å². The summed E-state index contributed by atoms with van der Waals surface area (Å²) in [6, 6.07) is 13.1. The van der Waals surface area contributed by atoms with Crippen LogP contribution in [-0.4, -0.2) is 0 Å². The van der Waals surface area contributed by atoms with Crippen LogP contribution in [0.1, 0.15) is 42.0 Å². The molecular formula is C20H19Cl2N. The normalized spacial score (nSPS) is 24.9. The third-order valence-electron chi connectivity index (χ3n) is 5.13. The quantitative estimate of drug-likeness (QED) is 0.623. The van der Waals surface area contributed by atoms with Crippen LogP contribution in [0.5, 0.6) is 0 Å². The molecule has 0 spiro atoms. The predicted molar refractivity (Wildman–Crippen MR) is 98.6 cm³/mol. The number of fused-ring (bicyclic) bond motifs is 3. The van der Waals surface area contributed by atoms with Crippen molar-refractivity contribution < 1.29 is 0 Å². The van der Waals surface area contributed by atoms with E-state index in [2.05, 4.69) is 48.7 Å². The van der Waals surface area contributed by atoms with Crippen molar-refractivity contribution in [1.82, 2.24) is 0 Å². The van der Waals surface area contributed by atoms with Gasteiger partial charge < -0.3 is 5.32 Å². The van der Waals surface area contributed by atoms with E-state index in [1.165, 1.54) is 16.7 Å². The molecule has 0 saturated heterocycles. The topological polar surface area (TPSA) is 12.0 Å². The first kappa shape index (κ1) is 15.1. The summed E-state index contributed by atoms with van der Waals surface area (Å²) < 4.78 is 0. The van der Waals surface area contributed by atoms with Crippen LogP contribution in [0.15, 0.2) is 48.6 Å². The summed E-state index contributed by atoms with van der Waals surface area (Å²) in [5.74, 6) is 0.875. The molecule has 1 nitrogen and oxygen atoms in total. The summed E-state index contributed by atoms with van der Waals surface area (Å²) in [5, 5.41) is 5.14. The van der Waals surface area contributed by atoms with Crippen LogP contribution in [0.25, 0.3) is 0 Å². The number of rotatable bonds is 2. The Kier molecular flexibility index (Phi) is 3.87. The first-order chi connectivity index (χ1) is 11.2. The van der Waals surface area contributed by atoms with Crippen molar-refractivity contribution in [2.24, 2.45) is 5.92 Å². The molecule has 0 saturated carbocycles. The summed E-state index contributed by atoms with van der Waals surface area (Å²) in [6.45, 7) is 2.19. The zero-order valence-corrected chi connectivity index (χ0v) is 14.5. The molecule has 23 heavy (non-hydrogen) atoms. The lowest BCUT2D eigenvalue weighted by Gasteiger charge is -2.38. The lowest BCUT2D eigenvalue weighted by molar-refractivity contribution is 0.425. The third kappa shape index (κ3) is 2.56. The molecule has 1 aliphatic heterocycles. The van der Waals surface area contributed by atoms with E-state index in [9.17, 15) is 0 Å². The van der Waals surface area contributed by atoms with Gasteiger partial charge in [0.25, 0.3) is 0 Å². The molecule has 0 aromatic heterocycles. The van der Waals surface area contributed by atoms with Crippen molar-refractivity contribution in [3.63, 3.8) is 0 Å². The third-order valence-corrected chi connectivity index (χ3v) is 5.66. The molecule has 0 unspecified atom stereocenters. The standard InChI is InChI=1S/C20H19Cl2N/c1-2-12-6-8-13(9-7-12)20-16-5-3-4-15(16)19-17(22)10-14(21)11-18(19)23-20/h3-4,6-11,15-16,20,23H,2,5H2,1H3/t15-,16+,20-/m0/s1. The predicted octanol–water partition coefficient (Wildman–Crippen LogP) is 6.38. The second kappa shape index (κ2) is 5.89. The molecule has 3 atom stereocenters. The molecule has 1 heterocycles. The zero-order chi connectivity index (χ0) is 16.0. The van der Waals surface area contributed by atoms with Crippen LogP contribution in [0.2, 0.25) is 10.0 Å². The van der Waals surface area contributed by atoms with Gasteiger partial charge in [-0.05, 0) is 42.0 Å². The van der Waals surface area contributed by atoms with Crippen molar-refractivity contribution in [2.75, 3.05) is 5.32 Å². The van der Waals surface area contributed by atoms with Gasteiger partial charge in [-0.25, -0.2) is 0 Å². The van der Waals surface area contributed by atoms with Crippen molar-refractivity contribution >= 4 is 28.9 Å². The number of aryl methyl sites for hydroxylation is 1. The van der Waals surface area contributed by atoms with Gasteiger partial charge in [-0.2, -0.15) is 0 Å². The van der Waals surface area contributed by atoms with Crippen molar-refractivity contribution in [2.45, 2.75) is 31.7 Å². The molecular weight excluding hydrogens is 325 g/mol. The van der Waals surface area contributed by atoms with E-state index in [1.54, 1.807) is 0 Å². The van der Waals surface area contributed by atoms with E-state index < -0.39 is 0 Å². The van der Waals surface area contributed by atoms with Gasteiger partial charge in [-0.15, -0.1) is 0 Å². The van der Waals surface area contributed by atoms with Crippen LogP contribution in [0.4, 0.5) is 5.69 Å². The average Bonchev–Trinajstić information content (AvgIpc) is 3.03. The lowest BCUT2D eigenvalue weighted by Crippen LogP contribution is -2.29. The Hall–Kier alpha value is -1.44. The number of hydrogen-bond acceptors (Lipinski definition) is 1. The maximum Gasteiger partial charge on any atom is 0.0553 e. The van der Waals surface area contributed by atoms with Gasteiger partial charge in [0.1, 0.15) is 0 Å². The van der Waals surface area contributed by atoms with Gasteiger partial charge in [0, 0.05) is 27.2 Å². The number of halogens is 2. The highest BCUT2D eigenvalue weighted by Crippen LogP contribution is 2.52. The van der Waals surface area contributed by atoms with Gasteiger partial charge >= 0.3 is 0 Å². The van der Waals surface area contributed by atoms with Crippen molar-refractivity contribution in [3.8, 4) is 0 Å². The second-order valence-corrected chi connectivity index (χ2v) is 7.26. The van der Waals surface area contributed by atoms with Crippen LogP contribution in [0, 0.1) is 5.92 Å². The van der Waals surface area contributed by atoms with Crippen LogP contribution in [-0.2, 0) is 6.42 Å². The van der Waals surface area contributed by atoms with Gasteiger partial charge in [0.2, 0.25) is 0 Å². The van der Waals surface area contributed by atoms with Gasteiger partial charge in [-0.3, -0.25) is 0 Å². The first-order valence-electron chi connectivity index (χ1n) is 8.18. The number of benzene rings is 2. The highest BCUT2D eigenvalue weighted by atomic mass is 35.5. The minimum Gasteiger partial charge on any atom is -0.378 e. The molecule has 2 aliphatic rings. The average molecular weight is 344 g/mol. The molecule has 0 amide bonds. The molecule has 2 aromatic carbocycles. The summed E-state index contributed by atoms with van der Waals surface area (Å²) in [6.07, 6.45) is 6.73. The molecule has 2 aromatic rings. The highest BCUT2D eigenvalue weighted by molar-refractivity contribution is 6.35. The Morgan fingerprint density at radius 3 is 2.65 bits per heavy atom. The van der Waals surface area contributed by atoms with Crippen LogP contribution in [0.3, 0.4) is 0 Å². The lowest BCUT2D eigenvalue weighted by atomic mass is 9.77. The van der Waals surface area contributed by atoms with E-state index in [1.807, 2.05) is 12.1 Å². The SMILES string of the molecule is CCc1ccc([C@@H]2Nc3cc(Cl)cc(Cl)c3[C@H]3C=CC[C@H]32)cc1. The number of anilines is 1. The molecule has 0 radical (unpaired) electrons. The number of allylic oxidation sites excluding steroid dienone is 2. The molecule has 1 aliphatic carbocycles. The smallest absolute Gasteiger partial charge is 0.0553 e. The van der Waals surface area contributed by atoms with Gasteiger partial charge in [0.05, 0.1) is 6.04 Å². The van der Waals surface area contributed by atoms with E-state index in [0.717, 1.165) is 23.6 Å². The molecule has 0 bridgehead atoms. The van der Waals surface area contributed by atoms with Gasteiger partial charge in [0.15, 0.2) is 0 Å². The fourth-order valence-corrected chi connectivity index (χ4v) is 4.55.